The van der Waals surface area contributed by atoms with Crippen molar-refractivity contribution in [1.29, 1.82) is 0 Å². The molecule has 2 heteroatoms. The zero-order valence-electron chi connectivity index (χ0n) is 14.5. The van der Waals surface area contributed by atoms with E-state index in [2.05, 4.69) is 41.9 Å². The number of fused-ring (bicyclic) bond motifs is 1. The van der Waals surface area contributed by atoms with Crippen molar-refractivity contribution in [3.8, 4) is 11.8 Å². The summed E-state index contributed by atoms with van der Waals surface area (Å²) in [6.07, 6.45) is 4.75. The maximum atomic E-state index is 13.2. The fraction of sp³-hybridized carbons (Fsp3) is 0.348. The Labute approximate surface area is 149 Å². The Hall–Kier alpha value is -2.11. The minimum Gasteiger partial charge on any atom is -0.296 e. The Balaban J connectivity index is 1.52. The minimum atomic E-state index is -0.241. The molecule has 0 bridgehead atoms. The molecule has 2 aliphatic rings. The number of benzene rings is 2. The van der Waals surface area contributed by atoms with Crippen molar-refractivity contribution in [3.63, 3.8) is 0 Å². The molecule has 0 amide bonds. The number of nitrogens with zero attached hydrogens (tertiary/aromatic N) is 1. The lowest BCUT2D eigenvalue weighted by Gasteiger charge is -2.35. The van der Waals surface area contributed by atoms with E-state index >= 15 is 0 Å². The van der Waals surface area contributed by atoms with Gasteiger partial charge < -0.3 is 0 Å². The molecule has 25 heavy (non-hydrogen) atoms. The van der Waals surface area contributed by atoms with Crippen molar-refractivity contribution in [2.45, 2.75) is 31.7 Å². The zero-order chi connectivity index (χ0) is 17.2. The quantitative estimate of drug-likeness (QED) is 0.681. The van der Waals surface area contributed by atoms with E-state index in [4.69, 9.17) is 0 Å². The Morgan fingerprint density at radius 1 is 0.960 bits per heavy atom. The number of piperidine rings is 1. The molecule has 1 fully saturated rings. The lowest BCUT2D eigenvalue weighted by Crippen LogP contribution is -2.35. The van der Waals surface area contributed by atoms with Gasteiger partial charge in [-0.1, -0.05) is 30.9 Å². The normalized spacial score (nSPS) is 20.8. The van der Waals surface area contributed by atoms with Crippen LogP contribution in [0.5, 0.6) is 0 Å². The molecule has 1 aliphatic heterocycles. The summed E-state index contributed by atoms with van der Waals surface area (Å²) in [6.45, 7) is 6.53. The van der Waals surface area contributed by atoms with E-state index in [1.54, 1.807) is 6.07 Å². The van der Waals surface area contributed by atoms with Crippen LogP contribution in [0.3, 0.4) is 0 Å². The van der Waals surface area contributed by atoms with Crippen LogP contribution in [-0.4, -0.2) is 18.0 Å². The van der Waals surface area contributed by atoms with Gasteiger partial charge in [-0.2, -0.15) is 0 Å². The zero-order valence-corrected chi connectivity index (χ0v) is 14.5. The predicted molar refractivity (Wildman–Crippen MR) is 99.5 cm³/mol. The molecule has 1 nitrogen and oxygen atoms in total. The summed E-state index contributed by atoms with van der Waals surface area (Å²) in [4.78, 5) is 2.63. The molecule has 4 rings (SSSR count). The molecule has 0 N–H and O–H groups in total. The van der Waals surface area contributed by atoms with Gasteiger partial charge >= 0.3 is 0 Å². The average molecular weight is 332 g/mol. The summed E-state index contributed by atoms with van der Waals surface area (Å²) in [7, 11) is 0. The SMILES string of the molecule is [CH2]C1CCN(C2CCc3cc(C#Cc4cccc(F)c4)ccc32)CC1. The van der Waals surface area contributed by atoms with Gasteiger partial charge in [0, 0.05) is 17.2 Å². The van der Waals surface area contributed by atoms with E-state index in [1.165, 1.54) is 55.6 Å². The Kier molecular flexibility index (Phi) is 4.59. The third-order valence-corrected chi connectivity index (χ3v) is 5.45. The molecular weight excluding hydrogens is 309 g/mol. The smallest absolute Gasteiger partial charge is 0.124 e. The first-order valence-electron chi connectivity index (χ1n) is 9.16. The van der Waals surface area contributed by atoms with E-state index in [-0.39, 0.29) is 5.82 Å². The summed E-state index contributed by atoms with van der Waals surface area (Å²) in [5.41, 5.74) is 4.63. The van der Waals surface area contributed by atoms with Gasteiger partial charge in [0.15, 0.2) is 0 Å². The van der Waals surface area contributed by atoms with Crippen molar-refractivity contribution in [1.82, 2.24) is 4.90 Å². The molecule has 1 saturated heterocycles. The summed E-state index contributed by atoms with van der Waals surface area (Å²) in [5.74, 6) is 6.63. The number of halogens is 1. The molecule has 127 valence electrons. The van der Waals surface area contributed by atoms with Crippen molar-refractivity contribution in [2.24, 2.45) is 5.92 Å². The van der Waals surface area contributed by atoms with Crippen molar-refractivity contribution in [3.05, 3.63) is 77.5 Å². The maximum absolute atomic E-state index is 13.2. The summed E-state index contributed by atoms with van der Waals surface area (Å²) < 4.78 is 13.2. The van der Waals surface area contributed by atoms with Gasteiger partial charge in [0.05, 0.1) is 0 Å². The van der Waals surface area contributed by atoms with Crippen LogP contribution >= 0.6 is 0 Å². The van der Waals surface area contributed by atoms with Crippen LogP contribution in [-0.2, 0) is 6.42 Å². The second-order valence-corrected chi connectivity index (χ2v) is 7.21. The van der Waals surface area contributed by atoms with E-state index in [0.29, 0.717) is 12.0 Å². The predicted octanol–water partition coefficient (Wildman–Crippen LogP) is 4.76. The van der Waals surface area contributed by atoms with Crippen molar-refractivity contribution in [2.75, 3.05) is 13.1 Å². The maximum Gasteiger partial charge on any atom is 0.124 e. The second-order valence-electron chi connectivity index (χ2n) is 7.21. The highest BCUT2D eigenvalue weighted by molar-refractivity contribution is 5.47. The molecule has 0 spiro atoms. The fourth-order valence-corrected chi connectivity index (χ4v) is 4.03. The third kappa shape index (κ3) is 3.62. The van der Waals surface area contributed by atoms with Crippen molar-refractivity contribution >= 4 is 0 Å². The molecule has 1 unspecified atom stereocenters. The summed E-state index contributed by atoms with van der Waals surface area (Å²) in [6, 6.07) is 13.6. The molecule has 1 aliphatic carbocycles. The second kappa shape index (κ2) is 7.02. The lowest BCUT2D eigenvalue weighted by molar-refractivity contribution is 0.144. The average Bonchev–Trinajstić information content (AvgIpc) is 3.04. The van der Waals surface area contributed by atoms with Crippen LogP contribution in [0.25, 0.3) is 0 Å². The molecule has 2 aromatic rings. The first-order valence-corrected chi connectivity index (χ1v) is 9.16. The highest BCUT2D eigenvalue weighted by Gasteiger charge is 2.29. The third-order valence-electron chi connectivity index (χ3n) is 5.45. The van der Waals surface area contributed by atoms with E-state index in [1.807, 2.05) is 6.07 Å². The van der Waals surface area contributed by atoms with Gasteiger partial charge in [-0.05, 0) is 86.1 Å². The van der Waals surface area contributed by atoms with Crippen LogP contribution in [0.2, 0.25) is 0 Å². The monoisotopic (exact) mass is 332 g/mol. The van der Waals surface area contributed by atoms with Gasteiger partial charge in [0.1, 0.15) is 5.82 Å². The van der Waals surface area contributed by atoms with Gasteiger partial charge in [-0.25, -0.2) is 4.39 Å². The fourth-order valence-electron chi connectivity index (χ4n) is 4.03. The van der Waals surface area contributed by atoms with E-state index < -0.39 is 0 Å². The van der Waals surface area contributed by atoms with Gasteiger partial charge in [-0.3, -0.25) is 4.90 Å². The van der Waals surface area contributed by atoms with Crippen LogP contribution < -0.4 is 0 Å². The first-order chi connectivity index (χ1) is 12.2. The number of rotatable bonds is 1. The van der Waals surface area contributed by atoms with Gasteiger partial charge in [-0.15, -0.1) is 0 Å². The minimum absolute atomic E-state index is 0.241. The Morgan fingerprint density at radius 2 is 1.72 bits per heavy atom. The van der Waals surface area contributed by atoms with Crippen LogP contribution in [0, 0.1) is 30.5 Å². The number of likely N-dealkylation sites (tertiary alicyclic amines) is 1. The first kappa shape index (κ1) is 16.4. The molecule has 2 aromatic carbocycles. The summed E-state index contributed by atoms with van der Waals surface area (Å²) >= 11 is 0. The van der Waals surface area contributed by atoms with Crippen LogP contribution in [0.15, 0.2) is 42.5 Å². The van der Waals surface area contributed by atoms with Crippen molar-refractivity contribution < 1.29 is 4.39 Å². The molecule has 1 heterocycles. The van der Waals surface area contributed by atoms with Gasteiger partial charge in [0.25, 0.3) is 0 Å². The number of aryl methyl sites for hydroxylation is 1. The highest BCUT2D eigenvalue weighted by Crippen LogP contribution is 2.38. The molecular formula is C23H23FN. The van der Waals surface area contributed by atoms with Crippen LogP contribution in [0.4, 0.5) is 4.39 Å². The highest BCUT2D eigenvalue weighted by atomic mass is 19.1. The van der Waals surface area contributed by atoms with E-state index in [0.717, 1.165) is 17.5 Å². The molecule has 1 atom stereocenters. The molecule has 0 aromatic heterocycles. The topological polar surface area (TPSA) is 3.24 Å². The number of hydrogen-bond donors (Lipinski definition) is 0. The van der Waals surface area contributed by atoms with Gasteiger partial charge in [0.2, 0.25) is 0 Å². The number of hydrogen-bond acceptors (Lipinski definition) is 1. The summed E-state index contributed by atoms with van der Waals surface area (Å²) in [5, 5.41) is 0. The lowest BCUT2D eigenvalue weighted by atomic mass is 9.96. The Bertz CT molecular complexity index is 821. The molecule has 0 saturated carbocycles. The largest absolute Gasteiger partial charge is 0.296 e. The van der Waals surface area contributed by atoms with Crippen LogP contribution in [0.1, 0.15) is 47.6 Å². The Morgan fingerprint density at radius 3 is 2.48 bits per heavy atom. The van der Waals surface area contributed by atoms with E-state index in [9.17, 15) is 4.39 Å². The molecule has 1 radical (unpaired) electrons. The standard InChI is InChI=1S/C23H23FN/c1-17-11-13-25(14-12-17)23-10-8-20-15-19(7-9-22(20)23)6-5-18-3-2-4-21(24)16-18/h2-4,7,9,15-17,23H,1,8,10-14H2.